The Kier molecular flexibility index (Phi) is 8.56. The number of sulfonamides is 1. The van der Waals surface area contributed by atoms with Crippen LogP contribution in [0.15, 0.2) is 30.5 Å². The fourth-order valence-electron chi connectivity index (χ4n) is 4.63. The van der Waals surface area contributed by atoms with Gasteiger partial charge in [-0.2, -0.15) is 13.2 Å². The number of hydrogen-bond acceptors (Lipinski definition) is 7. The lowest BCUT2D eigenvalue weighted by Gasteiger charge is -2.31. The summed E-state index contributed by atoms with van der Waals surface area (Å²) in [5.41, 5.74) is -0.304. The van der Waals surface area contributed by atoms with Gasteiger partial charge in [-0.1, -0.05) is 26.8 Å². The van der Waals surface area contributed by atoms with Gasteiger partial charge in [0.1, 0.15) is 12.3 Å². The molecule has 0 atom stereocenters. The number of piperidine rings is 1. The number of fused-ring (bicyclic) bond motifs is 1. The van der Waals surface area contributed by atoms with E-state index in [4.69, 9.17) is 9.88 Å². The van der Waals surface area contributed by atoms with E-state index in [9.17, 15) is 36.0 Å². The van der Waals surface area contributed by atoms with Crippen LogP contribution in [0, 0.1) is 5.41 Å². The maximum Gasteiger partial charge on any atom is 0.417 e. The van der Waals surface area contributed by atoms with Crippen molar-refractivity contribution in [2.24, 2.45) is 10.6 Å². The summed E-state index contributed by atoms with van der Waals surface area (Å²) in [6, 6.07) is 5.79. The predicted molar refractivity (Wildman–Crippen MR) is 145 cm³/mol. The number of nitrogens with zero attached hydrogens (tertiary/aromatic N) is 3. The smallest absolute Gasteiger partial charge is 0.417 e. The lowest BCUT2D eigenvalue weighted by Crippen LogP contribution is -2.44. The molecule has 3 N–H and O–H groups in total. The molecule has 1 aromatic carbocycles. The average molecular weight is 612 g/mol. The summed E-state index contributed by atoms with van der Waals surface area (Å²) in [5.74, 6) is -0.796. The second-order valence-electron chi connectivity index (χ2n) is 11.4. The first kappa shape index (κ1) is 31.2. The molecule has 42 heavy (non-hydrogen) atoms. The zero-order valence-electron chi connectivity index (χ0n) is 23.3. The maximum atomic E-state index is 13.3. The number of amides is 3. The van der Waals surface area contributed by atoms with Crippen LogP contribution < -0.4 is 10.5 Å². The van der Waals surface area contributed by atoms with Gasteiger partial charge in [0.15, 0.2) is 0 Å². The number of pyridine rings is 1. The summed E-state index contributed by atoms with van der Waals surface area (Å²) >= 11 is 0. The number of rotatable bonds is 5. The van der Waals surface area contributed by atoms with E-state index in [1.165, 1.54) is 4.90 Å². The second kappa shape index (κ2) is 11.5. The molecule has 11 nitrogen and oxygen atoms in total. The van der Waals surface area contributed by atoms with Crippen LogP contribution in [0.25, 0.3) is 0 Å². The van der Waals surface area contributed by atoms with Crippen LogP contribution >= 0.6 is 0 Å². The highest BCUT2D eigenvalue weighted by Gasteiger charge is 2.34. The molecule has 0 bridgehead atoms. The Morgan fingerprint density at radius 2 is 1.69 bits per heavy atom. The van der Waals surface area contributed by atoms with E-state index < -0.39 is 51.0 Å². The van der Waals surface area contributed by atoms with Crippen molar-refractivity contribution >= 4 is 33.6 Å². The molecule has 0 radical (unpaired) electrons. The van der Waals surface area contributed by atoms with Crippen molar-refractivity contribution in [3.8, 4) is 0 Å². The number of primary sulfonamides is 1. The van der Waals surface area contributed by atoms with E-state index in [1.807, 2.05) is 0 Å². The number of halogens is 3. The van der Waals surface area contributed by atoms with E-state index in [-0.39, 0.29) is 56.3 Å². The fraction of sp³-hybridized carbons (Fsp3) is 0.481. The van der Waals surface area contributed by atoms with E-state index >= 15 is 0 Å². The molecule has 0 spiro atoms. The SMILES string of the molecule is CC(C)(C)C(=O)Nc1cc(C(F)(F)F)cnc1COC(=O)N1Cc2ccc(C(=O)N3CCC(S(N)(=O)=O)CC3)cc2C1. The molecule has 3 heterocycles. The first-order valence-electron chi connectivity index (χ1n) is 13.2. The van der Waals surface area contributed by atoms with Gasteiger partial charge < -0.3 is 15.0 Å². The highest BCUT2D eigenvalue weighted by Crippen LogP contribution is 2.32. The number of anilines is 1. The van der Waals surface area contributed by atoms with Crippen molar-refractivity contribution < 1.29 is 40.7 Å². The molecule has 2 aliphatic heterocycles. The van der Waals surface area contributed by atoms with Crippen LogP contribution in [0.4, 0.5) is 23.7 Å². The molecule has 15 heteroatoms. The van der Waals surface area contributed by atoms with E-state index in [0.29, 0.717) is 11.8 Å². The Bertz CT molecular complexity index is 1500. The molecule has 0 saturated carbocycles. The number of benzene rings is 1. The number of aromatic nitrogens is 1. The molecule has 1 aromatic heterocycles. The lowest BCUT2D eigenvalue weighted by atomic mass is 9.95. The summed E-state index contributed by atoms with van der Waals surface area (Å²) in [5, 5.41) is 6.99. The third-order valence-electron chi connectivity index (χ3n) is 7.19. The summed E-state index contributed by atoms with van der Waals surface area (Å²) in [6.45, 7) is 5.16. The monoisotopic (exact) mass is 611 g/mol. The molecule has 1 fully saturated rings. The van der Waals surface area contributed by atoms with Gasteiger partial charge in [-0.25, -0.2) is 18.4 Å². The molecule has 2 aromatic rings. The number of hydrogen-bond donors (Lipinski definition) is 2. The summed E-state index contributed by atoms with van der Waals surface area (Å²) in [7, 11) is -3.66. The van der Waals surface area contributed by atoms with Crippen LogP contribution in [0.5, 0.6) is 0 Å². The minimum atomic E-state index is -4.69. The van der Waals surface area contributed by atoms with Gasteiger partial charge in [0, 0.05) is 43.4 Å². The minimum Gasteiger partial charge on any atom is -0.443 e. The predicted octanol–water partition coefficient (Wildman–Crippen LogP) is 3.63. The summed E-state index contributed by atoms with van der Waals surface area (Å²) in [4.78, 5) is 45.1. The molecule has 0 aliphatic carbocycles. The lowest BCUT2D eigenvalue weighted by molar-refractivity contribution is -0.137. The van der Waals surface area contributed by atoms with Crippen LogP contribution in [0.3, 0.4) is 0 Å². The fourth-order valence-corrected chi connectivity index (χ4v) is 5.50. The van der Waals surface area contributed by atoms with E-state index in [0.717, 1.165) is 17.2 Å². The molecule has 4 rings (SSSR count). The molecular weight excluding hydrogens is 579 g/mol. The Balaban J connectivity index is 1.40. The van der Waals surface area contributed by atoms with Gasteiger partial charge in [-0.05, 0) is 42.2 Å². The molecule has 3 amide bonds. The van der Waals surface area contributed by atoms with Gasteiger partial charge in [0.2, 0.25) is 15.9 Å². The van der Waals surface area contributed by atoms with Crippen molar-refractivity contribution in [2.75, 3.05) is 18.4 Å². The van der Waals surface area contributed by atoms with Crippen molar-refractivity contribution in [3.05, 3.63) is 58.4 Å². The van der Waals surface area contributed by atoms with Crippen molar-refractivity contribution in [3.63, 3.8) is 0 Å². The minimum absolute atomic E-state index is 0.0512. The number of carbonyl (C=O) groups is 3. The molecular formula is C27H32F3N5O6S. The number of carbonyl (C=O) groups excluding carboxylic acids is 3. The highest BCUT2D eigenvalue weighted by atomic mass is 32.2. The van der Waals surface area contributed by atoms with Crippen LogP contribution in [0.2, 0.25) is 0 Å². The zero-order chi connectivity index (χ0) is 31.0. The summed E-state index contributed by atoms with van der Waals surface area (Å²) in [6.07, 6.45) is -4.32. The Hall–Kier alpha value is -3.72. The first-order valence-corrected chi connectivity index (χ1v) is 14.8. The quantitative estimate of drug-likeness (QED) is 0.524. The van der Waals surface area contributed by atoms with Gasteiger partial charge >= 0.3 is 12.3 Å². The van der Waals surface area contributed by atoms with Crippen molar-refractivity contribution in [2.45, 2.75) is 64.7 Å². The summed E-state index contributed by atoms with van der Waals surface area (Å²) < 4.78 is 68.3. The number of likely N-dealkylation sites (tertiary alicyclic amines) is 1. The second-order valence-corrected chi connectivity index (χ2v) is 13.2. The van der Waals surface area contributed by atoms with Gasteiger partial charge in [-0.3, -0.25) is 19.5 Å². The first-order chi connectivity index (χ1) is 19.4. The third-order valence-corrected chi connectivity index (χ3v) is 8.59. The van der Waals surface area contributed by atoms with Crippen LogP contribution in [-0.2, 0) is 45.4 Å². The molecule has 2 aliphatic rings. The van der Waals surface area contributed by atoms with Gasteiger partial charge in [0.05, 0.1) is 16.5 Å². The topological polar surface area (TPSA) is 152 Å². The van der Waals surface area contributed by atoms with Crippen LogP contribution in [0.1, 0.15) is 66.4 Å². The largest absolute Gasteiger partial charge is 0.443 e. The van der Waals surface area contributed by atoms with Gasteiger partial charge in [-0.15, -0.1) is 0 Å². The van der Waals surface area contributed by atoms with Crippen LogP contribution in [-0.4, -0.2) is 59.4 Å². The Morgan fingerprint density at radius 3 is 2.29 bits per heavy atom. The van der Waals surface area contributed by atoms with Gasteiger partial charge in [0.25, 0.3) is 5.91 Å². The number of nitrogens with two attached hydrogens (primary N) is 1. The average Bonchev–Trinajstić information content (AvgIpc) is 3.34. The Morgan fingerprint density at radius 1 is 1.05 bits per heavy atom. The number of ether oxygens (including phenoxy) is 1. The number of nitrogens with one attached hydrogen (secondary N) is 1. The molecule has 0 unspecified atom stereocenters. The Labute approximate surface area is 241 Å². The zero-order valence-corrected chi connectivity index (χ0v) is 24.1. The normalized spacial score (nSPS) is 16.3. The van der Waals surface area contributed by atoms with E-state index in [2.05, 4.69) is 10.3 Å². The standard InChI is InChI=1S/C27H32F3N5O6S/c1-26(2,3)24(37)33-21-11-19(27(28,29)30)12-32-22(21)15-41-25(38)35-13-17-5-4-16(10-18(17)14-35)23(36)34-8-6-20(7-9-34)42(31,39)40/h4-5,10-12,20H,6-9,13-15H2,1-3H3,(H,33,37)(H2,31,39,40). The highest BCUT2D eigenvalue weighted by molar-refractivity contribution is 7.89. The number of alkyl halides is 3. The third kappa shape index (κ3) is 7.18. The van der Waals surface area contributed by atoms with Crippen molar-refractivity contribution in [1.82, 2.24) is 14.8 Å². The molecule has 1 saturated heterocycles. The molecule has 228 valence electrons. The maximum absolute atomic E-state index is 13.3. The van der Waals surface area contributed by atoms with Crippen molar-refractivity contribution in [1.29, 1.82) is 0 Å². The van der Waals surface area contributed by atoms with E-state index in [1.54, 1.807) is 43.9 Å².